The normalized spacial score (nSPS) is 14.9. The number of aromatic nitrogens is 2. The van der Waals surface area contributed by atoms with Gasteiger partial charge in [-0.15, -0.1) is 0 Å². The summed E-state index contributed by atoms with van der Waals surface area (Å²) in [5.74, 6) is 0. The van der Waals surface area contributed by atoms with Gasteiger partial charge in [0.2, 0.25) is 15.0 Å². The monoisotopic (exact) mass is 435 g/mol. The van der Waals surface area contributed by atoms with Gasteiger partial charge in [-0.2, -0.15) is 0 Å². The largest absolute Gasteiger partial charge is 0.422 e. The Labute approximate surface area is 171 Å². The van der Waals surface area contributed by atoms with E-state index in [1.807, 2.05) is 24.0 Å². The Morgan fingerprint density at radius 1 is 1.31 bits per heavy atom. The van der Waals surface area contributed by atoms with E-state index in [1.54, 1.807) is 6.07 Å². The Morgan fingerprint density at radius 2 is 2.07 bits per heavy atom. The summed E-state index contributed by atoms with van der Waals surface area (Å²) in [4.78, 5) is 33.1. The molecule has 0 spiro atoms. The summed E-state index contributed by atoms with van der Waals surface area (Å²) >= 11 is 6.51. The van der Waals surface area contributed by atoms with Crippen molar-refractivity contribution in [2.24, 2.45) is 0 Å². The van der Waals surface area contributed by atoms with Crippen LogP contribution >= 0.6 is 11.6 Å². The van der Waals surface area contributed by atoms with Crippen LogP contribution in [0.1, 0.15) is 22.4 Å². The lowest BCUT2D eigenvalue weighted by Gasteiger charge is -2.27. The van der Waals surface area contributed by atoms with Gasteiger partial charge in [0.15, 0.2) is 0 Å². The molecular weight excluding hydrogens is 418 g/mol. The predicted octanol–water partition coefficient (Wildman–Crippen LogP) is 1.80. The summed E-state index contributed by atoms with van der Waals surface area (Å²) in [5, 5.41) is 0.671. The van der Waals surface area contributed by atoms with E-state index in [4.69, 9.17) is 16.0 Å². The van der Waals surface area contributed by atoms with E-state index in [9.17, 15) is 18.0 Å². The summed E-state index contributed by atoms with van der Waals surface area (Å²) in [7, 11) is -3.61. The number of H-pyrrole nitrogens is 1. The van der Waals surface area contributed by atoms with Crippen LogP contribution in [0.2, 0.25) is 5.02 Å². The number of benzene rings is 1. The first kappa shape index (κ1) is 19.8. The molecule has 0 saturated carbocycles. The molecule has 0 atom stereocenters. The molecule has 0 unspecified atom stereocenters. The van der Waals surface area contributed by atoms with Crippen molar-refractivity contribution in [2.45, 2.75) is 31.6 Å². The number of sulfone groups is 1. The van der Waals surface area contributed by atoms with Gasteiger partial charge in [-0.1, -0.05) is 23.2 Å². The van der Waals surface area contributed by atoms with Gasteiger partial charge in [0.05, 0.1) is 21.8 Å². The first-order valence-corrected chi connectivity index (χ1v) is 11.2. The van der Waals surface area contributed by atoms with E-state index in [1.165, 1.54) is 0 Å². The highest BCUT2D eigenvalue weighted by Crippen LogP contribution is 2.27. The molecule has 2 aromatic heterocycles. The second kappa shape index (κ2) is 7.08. The van der Waals surface area contributed by atoms with Gasteiger partial charge in [0, 0.05) is 37.7 Å². The third-order valence-corrected chi connectivity index (χ3v) is 6.27. The van der Waals surface area contributed by atoms with E-state index in [0.29, 0.717) is 45.8 Å². The lowest BCUT2D eigenvalue weighted by atomic mass is 10.1. The fraction of sp³-hybridized carbons (Fsp3) is 0.316. The highest BCUT2D eigenvalue weighted by Gasteiger charge is 2.25. The molecule has 1 aliphatic heterocycles. The van der Waals surface area contributed by atoms with Crippen LogP contribution in [0.15, 0.2) is 37.4 Å². The third kappa shape index (κ3) is 3.73. The number of aryl methyl sites for hydroxylation is 1. The van der Waals surface area contributed by atoms with Gasteiger partial charge in [-0.05, 0) is 19.1 Å². The molecule has 0 radical (unpaired) electrons. The minimum absolute atomic E-state index is 0.206. The van der Waals surface area contributed by atoms with Gasteiger partial charge >= 0.3 is 5.63 Å². The fourth-order valence-electron chi connectivity index (χ4n) is 3.44. The maximum absolute atomic E-state index is 12.5. The molecule has 4 rings (SSSR count). The Kier molecular flexibility index (Phi) is 4.84. The van der Waals surface area contributed by atoms with Crippen molar-refractivity contribution < 1.29 is 12.8 Å². The Bertz CT molecular complexity index is 1360. The van der Waals surface area contributed by atoms with Crippen molar-refractivity contribution in [1.29, 1.82) is 0 Å². The van der Waals surface area contributed by atoms with E-state index in [2.05, 4.69) is 9.97 Å². The molecule has 1 N–H and O–H groups in total. The molecular formula is C19H18ClN3O5S. The summed E-state index contributed by atoms with van der Waals surface area (Å²) in [5.41, 5.74) is 1.57. The molecule has 0 fully saturated rings. The Balaban J connectivity index is 1.68. The number of hydrogen-bond acceptors (Lipinski definition) is 7. The maximum Gasteiger partial charge on any atom is 0.342 e. The topological polar surface area (TPSA) is 113 Å². The van der Waals surface area contributed by atoms with Crippen LogP contribution < -0.4 is 11.2 Å². The summed E-state index contributed by atoms with van der Waals surface area (Å²) in [6.07, 6.45) is 1.38. The average Bonchev–Trinajstić information content (AvgIpc) is 2.65. The predicted molar refractivity (Wildman–Crippen MR) is 108 cm³/mol. The Hall–Kier alpha value is -2.49. The number of hydrogen-bond donors (Lipinski definition) is 1. The summed E-state index contributed by atoms with van der Waals surface area (Å²) < 4.78 is 28.8. The van der Waals surface area contributed by atoms with Gasteiger partial charge < -0.3 is 4.42 Å². The summed E-state index contributed by atoms with van der Waals surface area (Å²) in [6, 6.07) is 5.41. The van der Waals surface area contributed by atoms with Crippen LogP contribution in [-0.2, 0) is 29.3 Å². The van der Waals surface area contributed by atoms with Crippen LogP contribution in [0.5, 0.6) is 0 Å². The average molecular weight is 436 g/mol. The molecule has 3 aromatic rings. The number of fused-ring (bicyclic) bond motifs is 2. The van der Waals surface area contributed by atoms with Gasteiger partial charge in [-0.3, -0.25) is 14.7 Å². The van der Waals surface area contributed by atoms with Crippen molar-refractivity contribution in [1.82, 2.24) is 14.9 Å². The summed E-state index contributed by atoms with van der Waals surface area (Å²) in [6.45, 7) is 2.85. The number of nitrogens with one attached hydrogen (secondary N) is 1. The molecule has 0 amide bonds. The second-order valence-corrected chi connectivity index (χ2v) is 9.52. The van der Waals surface area contributed by atoms with Crippen LogP contribution in [-0.4, -0.2) is 36.1 Å². The van der Waals surface area contributed by atoms with E-state index in [0.717, 1.165) is 11.8 Å². The third-order valence-electron chi connectivity index (χ3n) is 4.94. The van der Waals surface area contributed by atoms with Gasteiger partial charge in [0.1, 0.15) is 5.58 Å². The molecule has 1 aliphatic rings. The molecule has 0 aliphatic carbocycles. The molecule has 10 heteroatoms. The molecule has 0 saturated heterocycles. The molecule has 1 aromatic carbocycles. The van der Waals surface area contributed by atoms with E-state index < -0.39 is 21.0 Å². The first-order valence-electron chi connectivity index (χ1n) is 8.90. The highest BCUT2D eigenvalue weighted by atomic mass is 35.5. The standard InChI is InChI=1S/C19H18ClN3O5S/c1-10-3-4-15-11(7-10)16(20)13(18(25)28-15)9-23-6-5-14-12(8-23)17(24)22-19(21-14)29(2,26)27/h3-4,7H,5-6,8-9H2,1-2H3,(H,21,22,24). The quantitative estimate of drug-likeness (QED) is 0.493. The number of rotatable bonds is 3. The van der Waals surface area contributed by atoms with Crippen molar-refractivity contribution in [3.63, 3.8) is 0 Å². The maximum atomic E-state index is 12.5. The fourth-order valence-corrected chi connectivity index (χ4v) is 4.28. The smallest absolute Gasteiger partial charge is 0.342 e. The van der Waals surface area contributed by atoms with Crippen molar-refractivity contribution in [3.8, 4) is 0 Å². The SMILES string of the molecule is Cc1ccc2oc(=O)c(CN3CCc4nc(S(C)(=O)=O)[nH]c(=O)c4C3)c(Cl)c2c1. The minimum atomic E-state index is -3.61. The zero-order valence-corrected chi connectivity index (χ0v) is 17.4. The van der Waals surface area contributed by atoms with Crippen LogP contribution in [0.3, 0.4) is 0 Å². The number of nitrogens with zero attached hydrogens (tertiary/aromatic N) is 2. The molecule has 3 heterocycles. The van der Waals surface area contributed by atoms with Crippen LogP contribution in [0, 0.1) is 6.92 Å². The van der Waals surface area contributed by atoms with Crippen molar-refractivity contribution in [2.75, 3.05) is 12.8 Å². The zero-order chi connectivity index (χ0) is 20.9. The van der Waals surface area contributed by atoms with Crippen LogP contribution in [0.25, 0.3) is 11.0 Å². The van der Waals surface area contributed by atoms with Gasteiger partial charge in [-0.25, -0.2) is 18.2 Å². The van der Waals surface area contributed by atoms with E-state index >= 15 is 0 Å². The Morgan fingerprint density at radius 3 is 2.79 bits per heavy atom. The lowest BCUT2D eigenvalue weighted by molar-refractivity contribution is 0.238. The van der Waals surface area contributed by atoms with Crippen molar-refractivity contribution >= 4 is 32.4 Å². The molecule has 0 bridgehead atoms. The van der Waals surface area contributed by atoms with Crippen molar-refractivity contribution in [3.05, 3.63) is 66.4 Å². The lowest BCUT2D eigenvalue weighted by Crippen LogP contribution is -2.37. The number of aromatic amines is 1. The van der Waals surface area contributed by atoms with E-state index in [-0.39, 0.29) is 18.2 Å². The second-order valence-electron chi connectivity index (χ2n) is 7.21. The van der Waals surface area contributed by atoms with Gasteiger partial charge in [0.25, 0.3) is 5.56 Å². The molecule has 29 heavy (non-hydrogen) atoms. The minimum Gasteiger partial charge on any atom is -0.422 e. The molecule has 152 valence electrons. The zero-order valence-electron chi connectivity index (χ0n) is 15.8. The van der Waals surface area contributed by atoms with Crippen LogP contribution in [0.4, 0.5) is 0 Å². The number of halogens is 1. The molecule has 8 nitrogen and oxygen atoms in total. The first-order chi connectivity index (χ1) is 13.6. The highest BCUT2D eigenvalue weighted by molar-refractivity contribution is 7.90.